The third-order valence-corrected chi connectivity index (χ3v) is 5.44. The Balaban J connectivity index is 1.82. The molecule has 1 N–H and O–H groups in total. The monoisotopic (exact) mass is 466 g/mol. The minimum atomic E-state index is -0.520. The van der Waals surface area contributed by atoms with E-state index in [1.807, 2.05) is 48.5 Å². The largest absolute Gasteiger partial charge is 0.496 e. The number of anilines is 1. The summed E-state index contributed by atoms with van der Waals surface area (Å²) >= 11 is 8.61. The van der Waals surface area contributed by atoms with Crippen LogP contribution in [0.5, 0.6) is 5.75 Å². The van der Waals surface area contributed by atoms with E-state index < -0.39 is 11.8 Å². The molecule has 144 valence electrons. The van der Waals surface area contributed by atoms with Crippen molar-refractivity contribution < 1.29 is 14.3 Å². The van der Waals surface area contributed by atoms with Gasteiger partial charge in [0.15, 0.2) is 5.11 Å². The normalized spacial score (nSPS) is 15.7. The molecular weight excluding hydrogens is 452 g/mol. The second-order valence-corrected chi connectivity index (χ2v) is 7.64. The maximum atomic E-state index is 13.2. The Bertz CT molecular complexity index is 1190. The van der Waals surface area contributed by atoms with Crippen molar-refractivity contribution in [2.75, 3.05) is 12.0 Å². The van der Waals surface area contributed by atoms with Gasteiger partial charge in [-0.05, 0) is 59.6 Å². The molecular formula is C22H15BrN2O3S. The van der Waals surface area contributed by atoms with Crippen molar-refractivity contribution in [1.82, 2.24) is 5.32 Å². The molecule has 7 heteroatoms. The van der Waals surface area contributed by atoms with Crippen molar-refractivity contribution >= 4 is 67.6 Å². The zero-order valence-electron chi connectivity index (χ0n) is 15.3. The fraction of sp³-hybridized carbons (Fsp3) is 0.0455. The average Bonchev–Trinajstić information content (AvgIpc) is 2.72. The first-order valence-corrected chi connectivity index (χ1v) is 9.92. The van der Waals surface area contributed by atoms with E-state index in [0.717, 1.165) is 26.6 Å². The van der Waals surface area contributed by atoms with Crippen LogP contribution < -0.4 is 15.0 Å². The van der Waals surface area contributed by atoms with Crippen LogP contribution in [0.1, 0.15) is 5.56 Å². The second kappa shape index (κ2) is 7.77. The van der Waals surface area contributed by atoms with Gasteiger partial charge in [0.25, 0.3) is 11.8 Å². The van der Waals surface area contributed by atoms with E-state index in [0.29, 0.717) is 5.69 Å². The minimum absolute atomic E-state index is 0.0110. The molecule has 0 radical (unpaired) electrons. The van der Waals surface area contributed by atoms with Crippen LogP contribution in [0.25, 0.3) is 16.8 Å². The highest BCUT2D eigenvalue weighted by atomic mass is 79.9. The molecule has 1 heterocycles. The van der Waals surface area contributed by atoms with Crippen molar-refractivity contribution in [1.29, 1.82) is 0 Å². The maximum Gasteiger partial charge on any atom is 0.270 e. The average molecular weight is 467 g/mol. The molecule has 4 rings (SSSR count). The molecule has 1 fully saturated rings. The van der Waals surface area contributed by atoms with E-state index in [-0.39, 0.29) is 10.7 Å². The van der Waals surface area contributed by atoms with Gasteiger partial charge in [-0.1, -0.05) is 46.3 Å². The zero-order valence-corrected chi connectivity index (χ0v) is 17.7. The highest BCUT2D eigenvalue weighted by Crippen LogP contribution is 2.30. The van der Waals surface area contributed by atoms with Gasteiger partial charge in [0.2, 0.25) is 0 Å². The summed E-state index contributed by atoms with van der Waals surface area (Å²) in [5.41, 5.74) is 1.33. The fourth-order valence-corrected chi connectivity index (χ4v) is 3.78. The minimum Gasteiger partial charge on any atom is -0.496 e. The number of hydrogen-bond donors (Lipinski definition) is 1. The molecule has 0 atom stereocenters. The van der Waals surface area contributed by atoms with E-state index in [9.17, 15) is 9.59 Å². The van der Waals surface area contributed by atoms with Crippen molar-refractivity contribution in [3.05, 3.63) is 76.3 Å². The second-order valence-electron chi connectivity index (χ2n) is 6.34. The van der Waals surface area contributed by atoms with Gasteiger partial charge < -0.3 is 4.74 Å². The summed E-state index contributed by atoms with van der Waals surface area (Å²) < 4.78 is 6.29. The van der Waals surface area contributed by atoms with E-state index in [4.69, 9.17) is 17.0 Å². The van der Waals surface area contributed by atoms with Crippen LogP contribution in [0.15, 0.2) is 70.7 Å². The molecule has 29 heavy (non-hydrogen) atoms. The number of thiocarbonyl (C=S) groups is 1. The van der Waals surface area contributed by atoms with Gasteiger partial charge >= 0.3 is 0 Å². The number of carbonyl (C=O) groups is 2. The number of fused-ring (bicyclic) bond motifs is 1. The molecule has 1 aliphatic rings. The smallest absolute Gasteiger partial charge is 0.270 e. The lowest BCUT2D eigenvalue weighted by Gasteiger charge is -2.29. The molecule has 1 saturated heterocycles. The Morgan fingerprint density at radius 3 is 2.38 bits per heavy atom. The summed E-state index contributed by atoms with van der Waals surface area (Å²) in [6.45, 7) is 0. The van der Waals surface area contributed by atoms with E-state index in [1.165, 1.54) is 4.90 Å². The Morgan fingerprint density at radius 2 is 1.69 bits per heavy atom. The number of ether oxygens (including phenoxy) is 1. The highest BCUT2D eigenvalue weighted by Gasteiger charge is 2.34. The van der Waals surface area contributed by atoms with E-state index >= 15 is 0 Å². The number of hydrogen-bond acceptors (Lipinski definition) is 4. The predicted octanol–water partition coefficient (Wildman–Crippen LogP) is 4.44. The summed E-state index contributed by atoms with van der Waals surface area (Å²) in [7, 11) is 1.61. The number of carbonyl (C=O) groups excluding carboxylic acids is 2. The number of methoxy groups -OCH3 is 1. The number of halogens is 1. The zero-order chi connectivity index (χ0) is 20.5. The lowest BCUT2D eigenvalue weighted by Crippen LogP contribution is -2.54. The first-order valence-electron chi connectivity index (χ1n) is 8.72. The third kappa shape index (κ3) is 3.54. The molecule has 0 unspecified atom stereocenters. The van der Waals surface area contributed by atoms with E-state index in [1.54, 1.807) is 25.3 Å². The SMILES string of the molecule is COc1ccc(/C=C2/C(=O)NC(=S)N(c3ccc(Br)cc3)C2=O)c2ccccc12. The van der Waals surface area contributed by atoms with Crippen molar-refractivity contribution in [3.63, 3.8) is 0 Å². The van der Waals surface area contributed by atoms with Crippen LogP contribution in [0, 0.1) is 0 Å². The first kappa shape index (κ1) is 19.3. The van der Waals surface area contributed by atoms with Crippen molar-refractivity contribution in [2.45, 2.75) is 0 Å². The number of amides is 2. The van der Waals surface area contributed by atoms with Crippen LogP contribution in [0.4, 0.5) is 5.69 Å². The molecule has 0 saturated carbocycles. The quantitative estimate of drug-likeness (QED) is 0.352. The van der Waals surface area contributed by atoms with Crippen LogP contribution in [-0.2, 0) is 9.59 Å². The lowest BCUT2D eigenvalue weighted by atomic mass is 10.00. The lowest BCUT2D eigenvalue weighted by molar-refractivity contribution is -0.122. The summed E-state index contributed by atoms with van der Waals surface area (Å²) in [4.78, 5) is 27.1. The molecule has 0 aliphatic carbocycles. The van der Waals surface area contributed by atoms with Gasteiger partial charge in [0.1, 0.15) is 11.3 Å². The number of nitrogens with one attached hydrogen (secondary N) is 1. The molecule has 3 aromatic rings. The Hall–Kier alpha value is -3.03. The molecule has 0 bridgehead atoms. The van der Waals surface area contributed by atoms with Crippen LogP contribution >= 0.6 is 28.1 Å². The molecule has 2 amide bonds. The predicted molar refractivity (Wildman–Crippen MR) is 121 cm³/mol. The van der Waals surface area contributed by atoms with Gasteiger partial charge in [0.05, 0.1) is 12.8 Å². The van der Waals surface area contributed by atoms with Crippen LogP contribution in [0.3, 0.4) is 0 Å². The summed E-state index contributed by atoms with van der Waals surface area (Å²) in [5.74, 6) is -0.269. The van der Waals surface area contributed by atoms with Gasteiger partial charge in [-0.25, -0.2) is 0 Å². The number of rotatable bonds is 3. The molecule has 1 aliphatic heterocycles. The van der Waals surface area contributed by atoms with Crippen molar-refractivity contribution in [2.24, 2.45) is 0 Å². The standard InChI is InChI=1S/C22H15BrN2O3S/c1-28-19-11-6-13(16-4-2-3-5-17(16)19)12-18-20(26)24-22(29)25(21(18)27)15-9-7-14(23)8-10-15/h2-12H,1H3,(H,24,26,29)/b18-12-. The number of nitrogens with zero attached hydrogens (tertiary/aromatic N) is 1. The topological polar surface area (TPSA) is 58.6 Å². The highest BCUT2D eigenvalue weighted by molar-refractivity contribution is 9.10. The third-order valence-electron chi connectivity index (χ3n) is 4.62. The van der Waals surface area contributed by atoms with Crippen molar-refractivity contribution in [3.8, 4) is 5.75 Å². The molecule has 0 spiro atoms. The van der Waals surface area contributed by atoms with Crippen LogP contribution in [-0.4, -0.2) is 24.0 Å². The molecule has 3 aromatic carbocycles. The maximum absolute atomic E-state index is 13.2. The molecule has 5 nitrogen and oxygen atoms in total. The Morgan fingerprint density at radius 1 is 1.00 bits per heavy atom. The van der Waals surface area contributed by atoms with Gasteiger partial charge in [-0.2, -0.15) is 0 Å². The molecule has 0 aromatic heterocycles. The van der Waals surface area contributed by atoms with Crippen LogP contribution in [0.2, 0.25) is 0 Å². The number of benzene rings is 3. The fourth-order valence-electron chi connectivity index (χ4n) is 3.24. The summed E-state index contributed by atoms with van der Waals surface area (Å²) in [6.07, 6.45) is 1.59. The first-order chi connectivity index (χ1) is 14.0. The van der Waals surface area contributed by atoms with Gasteiger partial charge in [0, 0.05) is 9.86 Å². The summed E-state index contributed by atoms with van der Waals surface area (Å²) in [5, 5.41) is 4.44. The Labute approximate surface area is 181 Å². The van der Waals surface area contributed by atoms with Gasteiger partial charge in [-0.15, -0.1) is 0 Å². The Kier molecular flexibility index (Phi) is 5.17. The summed E-state index contributed by atoms with van der Waals surface area (Å²) in [6, 6.07) is 18.4. The van der Waals surface area contributed by atoms with Gasteiger partial charge in [-0.3, -0.25) is 19.8 Å². The van der Waals surface area contributed by atoms with E-state index in [2.05, 4.69) is 21.2 Å².